The van der Waals surface area contributed by atoms with E-state index in [4.69, 9.17) is 4.84 Å². The Morgan fingerprint density at radius 2 is 1.39 bits per heavy atom. The number of hydroxylamine groups is 2. The lowest BCUT2D eigenvalue weighted by Crippen LogP contribution is -2.35. The molecule has 2 amide bonds. The van der Waals surface area contributed by atoms with Crippen LogP contribution in [0.4, 0.5) is 0 Å². The van der Waals surface area contributed by atoms with Crippen LogP contribution >= 0.6 is 0 Å². The summed E-state index contributed by atoms with van der Waals surface area (Å²) in [6, 6.07) is 12.0. The smallest absolute Gasteiger partial charge is 0.324 e. The van der Waals surface area contributed by atoms with Crippen LogP contribution in [0, 0.1) is 0 Å². The SMILES string of the molecule is CC1(C)CCC(C)(C)c2cc(C(=O)ON3C(=O)c4ccccc4C3=O)ccc21. The fraction of sp³-hybridized carbons (Fsp3) is 0.348. The minimum atomic E-state index is -0.712. The van der Waals surface area contributed by atoms with Crippen LogP contribution < -0.4 is 0 Å². The standard InChI is InChI=1S/C23H23NO4/c1-22(2)11-12-23(3,4)18-13-14(9-10-17(18)22)21(27)28-24-19(25)15-7-5-6-8-16(15)20(24)26/h5-10,13H,11-12H2,1-4H3. The monoisotopic (exact) mass is 377 g/mol. The van der Waals surface area contributed by atoms with E-state index in [1.807, 2.05) is 12.1 Å². The minimum Gasteiger partial charge on any atom is -0.324 e. The number of hydrogen-bond donors (Lipinski definition) is 0. The van der Waals surface area contributed by atoms with E-state index in [0.717, 1.165) is 18.4 Å². The third kappa shape index (κ3) is 2.73. The van der Waals surface area contributed by atoms with Crippen LogP contribution in [-0.4, -0.2) is 22.8 Å². The number of benzene rings is 2. The van der Waals surface area contributed by atoms with Crippen molar-refractivity contribution in [1.29, 1.82) is 0 Å². The van der Waals surface area contributed by atoms with Crippen LogP contribution in [0.3, 0.4) is 0 Å². The molecular formula is C23H23NO4. The van der Waals surface area contributed by atoms with Crippen molar-refractivity contribution >= 4 is 17.8 Å². The molecule has 4 rings (SSSR count). The van der Waals surface area contributed by atoms with Crippen molar-refractivity contribution in [3.8, 4) is 0 Å². The first-order valence-electron chi connectivity index (χ1n) is 9.47. The van der Waals surface area contributed by atoms with E-state index in [1.54, 1.807) is 30.3 Å². The quantitative estimate of drug-likeness (QED) is 0.728. The van der Waals surface area contributed by atoms with E-state index < -0.39 is 17.8 Å². The van der Waals surface area contributed by atoms with Gasteiger partial charge in [0.15, 0.2) is 0 Å². The van der Waals surface area contributed by atoms with Gasteiger partial charge in [0.25, 0.3) is 11.8 Å². The second kappa shape index (κ2) is 6.03. The predicted octanol–water partition coefficient (Wildman–Crippen LogP) is 4.40. The zero-order valence-electron chi connectivity index (χ0n) is 16.5. The predicted molar refractivity (Wildman–Crippen MR) is 104 cm³/mol. The summed E-state index contributed by atoms with van der Waals surface area (Å²) in [6.45, 7) is 8.75. The molecule has 2 aromatic carbocycles. The van der Waals surface area contributed by atoms with E-state index in [0.29, 0.717) is 10.6 Å². The van der Waals surface area contributed by atoms with Gasteiger partial charge in [0.05, 0.1) is 16.7 Å². The molecule has 0 spiro atoms. The third-order valence-corrected chi connectivity index (χ3v) is 6.02. The zero-order valence-corrected chi connectivity index (χ0v) is 16.5. The van der Waals surface area contributed by atoms with Gasteiger partial charge in [0.2, 0.25) is 0 Å². The van der Waals surface area contributed by atoms with Gasteiger partial charge in [-0.25, -0.2) is 4.79 Å². The molecule has 0 aromatic heterocycles. The number of hydrogen-bond acceptors (Lipinski definition) is 4. The summed E-state index contributed by atoms with van der Waals surface area (Å²) < 4.78 is 0. The van der Waals surface area contributed by atoms with Crippen LogP contribution in [0.5, 0.6) is 0 Å². The molecule has 0 saturated carbocycles. The molecular weight excluding hydrogens is 354 g/mol. The highest BCUT2D eigenvalue weighted by Crippen LogP contribution is 2.46. The summed E-state index contributed by atoms with van der Waals surface area (Å²) in [5.74, 6) is -1.95. The van der Waals surface area contributed by atoms with Crippen LogP contribution in [-0.2, 0) is 15.7 Å². The largest absolute Gasteiger partial charge is 0.363 e. The molecule has 5 nitrogen and oxygen atoms in total. The Kier molecular flexibility index (Phi) is 3.96. The minimum absolute atomic E-state index is 0.0375. The Balaban J connectivity index is 1.64. The summed E-state index contributed by atoms with van der Waals surface area (Å²) in [5.41, 5.74) is 3.14. The molecule has 1 aliphatic carbocycles. The fourth-order valence-corrected chi connectivity index (χ4v) is 4.10. The first kappa shape index (κ1) is 18.4. The van der Waals surface area contributed by atoms with Gasteiger partial charge in [-0.1, -0.05) is 51.0 Å². The van der Waals surface area contributed by atoms with Gasteiger partial charge in [-0.15, -0.1) is 0 Å². The molecule has 144 valence electrons. The molecule has 0 saturated heterocycles. The van der Waals surface area contributed by atoms with E-state index in [2.05, 4.69) is 27.7 Å². The van der Waals surface area contributed by atoms with Crippen molar-refractivity contribution in [2.75, 3.05) is 0 Å². The Bertz CT molecular complexity index is 984. The normalized spacial score (nSPS) is 19.2. The van der Waals surface area contributed by atoms with Crippen molar-refractivity contribution < 1.29 is 19.2 Å². The van der Waals surface area contributed by atoms with E-state index in [9.17, 15) is 14.4 Å². The Hall–Kier alpha value is -2.95. The second-order valence-corrected chi connectivity index (χ2v) is 8.86. The van der Waals surface area contributed by atoms with Crippen molar-refractivity contribution in [3.05, 3.63) is 70.3 Å². The molecule has 5 heteroatoms. The van der Waals surface area contributed by atoms with Gasteiger partial charge in [0.1, 0.15) is 0 Å². The number of carbonyl (C=O) groups is 3. The van der Waals surface area contributed by atoms with Gasteiger partial charge in [-0.05, 0) is 59.1 Å². The van der Waals surface area contributed by atoms with E-state index in [1.165, 1.54) is 5.56 Å². The van der Waals surface area contributed by atoms with Crippen LogP contribution in [0.15, 0.2) is 42.5 Å². The molecule has 1 heterocycles. The number of rotatable bonds is 2. The average Bonchev–Trinajstić information content (AvgIpc) is 2.90. The molecule has 0 bridgehead atoms. The summed E-state index contributed by atoms with van der Waals surface area (Å²) >= 11 is 0. The number of nitrogens with zero attached hydrogens (tertiary/aromatic N) is 1. The summed E-state index contributed by atoms with van der Waals surface area (Å²) in [6.07, 6.45) is 2.09. The van der Waals surface area contributed by atoms with Gasteiger partial charge >= 0.3 is 5.97 Å². The molecule has 0 atom stereocenters. The highest BCUT2D eigenvalue weighted by atomic mass is 16.7. The molecule has 2 aromatic rings. The highest BCUT2D eigenvalue weighted by molar-refractivity contribution is 6.21. The molecule has 0 N–H and O–H groups in total. The van der Waals surface area contributed by atoms with Gasteiger partial charge < -0.3 is 4.84 Å². The average molecular weight is 377 g/mol. The second-order valence-electron chi connectivity index (χ2n) is 8.86. The molecule has 2 aliphatic rings. The Morgan fingerprint density at radius 3 is 1.96 bits per heavy atom. The molecule has 1 aliphatic heterocycles. The molecule has 28 heavy (non-hydrogen) atoms. The van der Waals surface area contributed by atoms with Crippen molar-refractivity contribution in [2.45, 2.75) is 51.4 Å². The lowest BCUT2D eigenvalue weighted by Gasteiger charge is -2.41. The first-order chi connectivity index (χ1) is 13.1. The number of carbonyl (C=O) groups excluding carboxylic acids is 3. The zero-order chi connectivity index (χ0) is 20.3. The lowest BCUT2D eigenvalue weighted by atomic mass is 9.63. The molecule has 0 fully saturated rings. The Morgan fingerprint density at radius 1 is 0.857 bits per heavy atom. The topological polar surface area (TPSA) is 63.7 Å². The maximum absolute atomic E-state index is 12.7. The van der Waals surface area contributed by atoms with Gasteiger partial charge in [-0.3, -0.25) is 9.59 Å². The van der Waals surface area contributed by atoms with E-state index >= 15 is 0 Å². The van der Waals surface area contributed by atoms with Crippen molar-refractivity contribution in [1.82, 2.24) is 5.06 Å². The van der Waals surface area contributed by atoms with Gasteiger partial charge in [0, 0.05) is 0 Å². The Labute approximate surface area is 164 Å². The number of fused-ring (bicyclic) bond motifs is 2. The molecule has 0 unspecified atom stereocenters. The maximum atomic E-state index is 12.7. The molecule has 0 radical (unpaired) electrons. The summed E-state index contributed by atoms with van der Waals surface area (Å²) in [5, 5.41) is 0.557. The van der Waals surface area contributed by atoms with Crippen LogP contribution in [0.25, 0.3) is 0 Å². The first-order valence-corrected chi connectivity index (χ1v) is 9.47. The number of amides is 2. The van der Waals surface area contributed by atoms with E-state index in [-0.39, 0.29) is 22.0 Å². The van der Waals surface area contributed by atoms with Crippen LogP contribution in [0.2, 0.25) is 0 Å². The lowest BCUT2D eigenvalue weighted by molar-refractivity contribution is -0.0584. The maximum Gasteiger partial charge on any atom is 0.363 e. The third-order valence-electron chi connectivity index (χ3n) is 6.02. The summed E-state index contributed by atoms with van der Waals surface area (Å²) in [7, 11) is 0. The highest BCUT2D eigenvalue weighted by Gasteiger charge is 2.40. The van der Waals surface area contributed by atoms with Crippen LogP contribution in [0.1, 0.15) is 82.7 Å². The summed E-state index contributed by atoms with van der Waals surface area (Å²) in [4.78, 5) is 42.8. The van der Waals surface area contributed by atoms with Crippen molar-refractivity contribution in [2.24, 2.45) is 0 Å². The fourth-order valence-electron chi connectivity index (χ4n) is 4.10. The number of imide groups is 1. The van der Waals surface area contributed by atoms with Gasteiger partial charge in [-0.2, -0.15) is 0 Å². The van der Waals surface area contributed by atoms with Crippen molar-refractivity contribution in [3.63, 3.8) is 0 Å².